The Morgan fingerprint density at radius 3 is 2.33 bits per heavy atom. The summed E-state index contributed by atoms with van der Waals surface area (Å²) in [7, 11) is 1.53. The number of anilines is 2. The Labute approximate surface area is 234 Å². The van der Waals surface area contributed by atoms with Crippen molar-refractivity contribution in [1.82, 2.24) is 0 Å². The first-order chi connectivity index (χ1) is 18.8. The number of amides is 4. The van der Waals surface area contributed by atoms with Crippen LogP contribution >= 0.6 is 15.9 Å². The molecule has 0 saturated carbocycles. The van der Waals surface area contributed by atoms with E-state index in [-0.39, 0.29) is 5.57 Å². The Bertz CT molecular complexity index is 1660. The molecule has 1 aliphatic heterocycles. The predicted octanol–water partition coefficient (Wildman–Crippen LogP) is 6.90. The number of carbonyl (C=O) groups excluding carboxylic acids is 3. The predicted molar refractivity (Wildman–Crippen MR) is 155 cm³/mol. The zero-order valence-corrected chi connectivity index (χ0v) is 23.2. The van der Waals surface area contributed by atoms with Gasteiger partial charge in [0.25, 0.3) is 11.8 Å². The van der Waals surface area contributed by atoms with Gasteiger partial charge in [0, 0.05) is 5.39 Å². The van der Waals surface area contributed by atoms with Gasteiger partial charge in [-0.1, -0.05) is 48.5 Å². The van der Waals surface area contributed by atoms with Crippen LogP contribution < -0.4 is 19.3 Å². The molecule has 4 aromatic carbocycles. The summed E-state index contributed by atoms with van der Waals surface area (Å²) in [5.74, 6) is -0.476. The first-order valence-corrected chi connectivity index (χ1v) is 13.1. The molecule has 0 aromatic heterocycles. The molecule has 0 bridgehead atoms. The van der Waals surface area contributed by atoms with Gasteiger partial charge in [-0.05, 0) is 82.7 Å². The number of rotatable bonds is 6. The zero-order valence-electron chi connectivity index (χ0n) is 21.6. The second-order valence-corrected chi connectivity index (χ2v) is 9.78. The highest BCUT2D eigenvalue weighted by Gasteiger charge is 2.44. The number of methoxy groups -OCH3 is 1. The van der Waals surface area contributed by atoms with Crippen molar-refractivity contribution in [2.45, 2.75) is 13.8 Å². The lowest BCUT2D eigenvalue weighted by atomic mass is 10.0. The number of barbiturate groups is 1. The van der Waals surface area contributed by atoms with E-state index in [4.69, 9.17) is 9.47 Å². The number of fused-ring (bicyclic) bond motifs is 1. The number of aryl methyl sites for hydroxylation is 1. The Balaban J connectivity index is 1.72. The number of ether oxygens (including phenoxy) is 2. The van der Waals surface area contributed by atoms with Crippen molar-refractivity contribution in [1.29, 1.82) is 0 Å². The normalized spacial score (nSPS) is 14.9. The molecule has 5 rings (SSSR count). The third kappa shape index (κ3) is 4.79. The van der Waals surface area contributed by atoms with E-state index >= 15 is 0 Å². The lowest BCUT2D eigenvalue weighted by molar-refractivity contribution is -0.121. The monoisotopic (exact) mass is 584 g/mol. The highest BCUT2D eigenvalue weighted by Crippen LogP contribution is 2.38. The Morgan fingerprint density at radius 1 is 0.872 bits per heavy atom. The summed E-state index contributed by atoms with van der Waals surface area (Å²) < 4.78 is 11.8. The van der Waals surface area contributed by atoms with Crippen LogP contribution in [0.25, 0.3) is 16.8 Å². The molecule has 196 valence electrons. The van der Waals surface area contributed by atoms with Gasteiger partial charge in [-0.2, -0.15) is 0 Å². The summed E-state index contributed by atoms with van der Waals surface area (Å²) in [6, 6.07) is 22.6. The van der Waals surface area contributed by atoms with Crippen molar-refractivity contribution in [3.05, 3.63) is 100 Å². The van der Waals surface area contributed by atoms with E-state index in [2.05, 4.69) is 15.9 Å². The van der Waals surface area contributed by atoms with E-state index in [0.717, 1.165) is 20.7 Å². The lowest BCUT2D eigenvalue weighted by Gasteiger charge is -2.34. The minimum Gasteiger partial charge on any atom is -0.492 e. The fraction of sp³-hybridized carbons (Fsp3) is 0.129. The second kappa shape index (κ2) is 10.7. The van der Waals surface area contributed by atoms with Gasteiger partial charge in [-0.25, -0.2) is 14.6 Å². The highest BCUT2D eigenvalue weighted by atomic mass is 79.9. The first-order valence-electron chi connectivity index (χ1n) is 12.3. The third-order valence-electron chi connectivity index (χ3n) is 6.36. The molecule has 0 spiro atoms. The van der Waals surface area contributed by atoms with Gasteiger partial charge in [0.2, 0.25) is 0 Å². The van der Waals surface area contributed by atoms with E-state index in [9.17, 15) is 14.4 Å². The van der Waals surface area contributed by atoms with Gasteiger partial charge in [0.15, 0.2) is 11.5 Å². The fourth-order valence-corrected chi connectivity index (χ4v) is 5.26. The molecule has 0 aliphatic carbocycles. The summed E-state index contributed by atoms with van der Waals surface area (Å²) in [6.45, 7) is 4.11. The molecule has 8 heteroatoms. The van der Waals surface area contributed by atoms with Gasteiger partial charge >= 0.3 is 6.03 Å². The quantitative estimate of drug-likeness (QED) is 0.182. The molecule has 1 fully saturated rings. The van der Waals surface area contributed by atoms with Crippen LogP contribution in [0.3, 0.4) is 0 Å². The average molecular weight is 585 g/mol. The van der Waals surface area contributed by atoms with Gasteiger partial charge in [0.1, 0.15) is 5.57 Å². The van der Waals surface area contributed by atoms with Crippen molar-refractivity contribution in [3.8, 4) is 11.5 Å². The summed E-state index contributed by atoms with van der Waals surface area (Å²) in [4.78, 5) is 43.9. The van der Waals surface area contributed by atoms with Gasteiger partial charge in [-0.15, -0.1) is 0 Å². The maximum atomic E-state index is 14.0. The number of hydrogen-bond acceptors (Lipinski definition) is 5. The minimum absolute atomic E-state index is 0.163. The van der Waals surface area contributed by atoms with E-state index < -0.39 is 17.8 Å². The van der Waals surface area contributed by atoms with Crippen LogP contribution in [-0.2, 0) is 9.59 Å². The summed E-state index contributed by atoms with van der Waals surface area (Å²) >= 11 is 3.49. The number of imide groups is 2. The molecule has 0 N–H and O–H groups in total. The average Bonchev–Trinajstić information content (AvgIpc) is 2.91. The van der Waals surface area contributed by atoms with Crippen LogP contribution in [-0.4, -0.2) is 31.6 Å². The molecule has 1 saturated heterocycles. The lowest BCUT2D eigenvalue weighted by Crippen LogP contribution is -2.57. The van der Waals surface area contributed by atoms with Gasteiger partial charge in [-0.3, -0.25) is 9.59 Å². The van der Waals surface area contributed by atoms with Crippen molar-refractivity contribution in [2.24, 2.45) is 0 Å². The van der Waals surface area contributed by atoms with Crippen LogP contribution in [0.2, 0.25) is 0 Å². The van der Waals surface area contributed by atoms with Gasteiger partial charge in [0.05, 0.1) is 29.6 Å². The smallest absolute Gasteiger partial charge is 0.343 e. The second-order valence-electron chi connectivity index (χ2n) is 8.93. The third-order valence-corrected chi connectivity index (χ3v) is 6.95. The van der Waals surface area contributed by atoms with Crippen molar-refractivity contribution in [2.75, 3.05) is 23.5 Å². The number of hydrogen-bond donors (Lipinski definition) is 0. The SMILES string of the molecule is CCOc1cc(/C=C2\C(=O)N(c3cccc(C)c3)C(=O)N(c3cccc4ccccc34)C2=O)cc(Br)c1OC. The molecule has 4 aromatic rings. The molecule has 0 atom stereocenters. The molecule has 4 amide bonds. The standard InChI is InChI=1S/C31H25BrN2O5/c1-4-39-27-18-20(17-25(32)28(27)38-3)16-24-29(35)33(22-12-7-9-19(2)15-22)31(37)34(30(24)36)26-14-8-11-21-10-5-6-13-23(21)26/h5-18H,4H2,1-3H3/b24-16+. The molecule has 1 heterocycles. The molecule has 7 nitrogen and oxygen atoms in total. The maximum absolute atomic E-state index is 14.0. The zero-order chi connectivity index (χ0) is 27.7. The largest absolute Gasteiger partial charge is 0.492 e. The van der Waals surface area contributed by atoms with E-state index in [1.165, 1.54) is 13.2 Å². The van der Waals surface area contributed by atoms with E-state index in [1.807, 2.05) is 50.2 Å². The van der Waals surface area contributed by atoms with Crippen LogP contribution in [0.4, 0.5) is 16.2 Å². The Morgan fingerprint density at radius 2 is 1.59 bits per heavy atom. The van der Waals surface area contributed by atoms with Crippen LogP contribution in [0.15, 0.2) is 88.9 Å². The van der Waals surface area contributed by atoms with Crippen molar-refractivity contribution >= 4 is 62.0 Å². The fourth-order valence-electron chi connectivity index (χ4n) is 4.64. The number of benzene rings is 4. The summed E-state index contributed by atoms with van der Waals surface area (Å²) in [6.07, 6.45) is 1.48. The summed E-state index contributed by atoms with van der Waals surface area (Å²) in [5, 5.41) is 1.57. The molecule has 39 heavy (non-hydrogen) atoms. The van der Waals surface area contributed by atoms with Crippen LogP contribution in [0.1, 0.15) is 18.1 Å². The Kier molecular flexibility index (Phi) is 7.21. The molecular weight excluding hydrogens is 560 g/mol. The van der Waals surface area contributed by atoms with Crippen molar-refractivity contribution in [3.63, 3.8) is 0 Å². The number of halogens is 1. The maximum Gasteiger partial charge on any atom is 0.343 e. The van der Waals surface area contributed by atoms with Crippen molar-refractivity contribution < 1.29 is 23.9 Å². The topological polar surface area (TPSA) is 76.2 Å². The van der Waals surface area contributed by atoms with Gasteiger partial charge < -0.3 is 9.47 Å². The molecule has 0 unspecified atom stereocenters. The van der Waals surface area contributed by atoms with E-state index in [1.54, 1.807) is 42.5 Å². The van der Waals surface area contributed by atoms with E-state index in [0.29, 0.717) is 44.9 Å². The number of urea groups is 1. The Hall–Kier alpha value is -4.43. The minimum atomic E-state index is -0.741. The molecule has 1 aliphatic rings. The van der Waals surface area contributed by atoms with Crippen LogP contribution in [0.5, 0.6) is 11.5 Å². The van der Waals surface area contributed by atoms with Crippen LogP contribution in [0, 0.1) is 6.92 Å². The summed E-state index contributed by atoms with van der Waals surface area (Å²) in [5.41, 5.74) is 2.00. The number of nitrogens with zero attached hydrogens (tertiary/aromatic N) is 2. The first kappa shape index (κ1) is 26.2. The molecular formula is C31H25BrN2O5. The highest BCUT2D eigenvalue weighted by molar-refractivity contribution is 9.10. The number of carbonyl (C=O) groups is 3. The molecule has 0 radical (unpaired) electrons.